The third-order valence-electron chi connectivity index (χ3n) is 3.35. The second kappa shape index (κ2) is 7.23. The molecule has 0 atom stereocenters. The van der Waals surface area contributed by atoms with Crippen LogP contribution >= 0.6 is 11.3 Å². The number of carbonyl (C=O) groups is 2. The molecule has 1 aromatic carbocycles. The maximum Gasteiger partial charge on any atom is 0.337 e. The first-order chi connectivity index (χ1) is 11.4. The predicted molar refractivity (Wildman–Crippen MR) is 90.7 cm³/mol. The van der Waals surface area contributed by atoms with Crippen molar-refractivity contribution < 1.29 is 14.3 Å². The summed E-state index contributed by atoms with van der Waals surface area (Å²) in [6.45, 7) is 3.10. The van der Waals surface area contributed by atoms with Crippen molar-refractivity contribution in [2.24, 2.45) is 5.41 Å². The Bertz CT molecular complexity index is 805. The van der Waals surface area contributed by atoms with Gasteiger partial charge in [-0.3, -0.25) is 4.79 Å². The number of amides is 1. The minimum atomic E-state index is -1.11. The molecule has 1 amide bonds. The second-order valence-corrected chi connectivity index (χ2v) is 6.81. The summed E-state index contributed by atoms with van der Waals surface area (Å²) in [5, 5.41) is 12.1. The zero-order chi connectivity index (χ0) is 17.7. The van der Waals surface area contributed by atoms with Gasteiger partial charge >= 0.3 is 5.97 Å². The Hall–Kier alpha value is -2.72. The molecule has 2 aromatic rings. The van der Waals surface area contributed by atoms with E-state index >= 15 is 0 Å². The number of hydrogen-bond donors (Lipinski definition) is 1. The zero-order valence-corrected chi connectivity index (χ0v) is 14.4. The molecule has 0 aliphatic heterocycles. The number of nitriles is 1. The van der Waals surface area contributed by atoms with E-state index in [9.17, 15) is 9.59 Å². The van der Waals surface area contributed by atoms with Gasteiger partial charge in [0.25, 0.3) is 0 Å². The molecule has 124 valence electrons. The SMILES string of the molecule is COC(=O)c1cccc(Cc2cnc(NC(=O)C(C)(C)C#N)s2)c1. The summed E-state index contributed by atoms with van der Waals surface area (Å²) < 4.78 is 4.71. The maximum absolute atomic E-state index is 12.0. The Labute approximate surface area is 144 Å². The van der Waals surface area contributed by atoms with E-state index in [2.05, 4.69) is 10.3 Å². The molecule has 7 heteroatoms. The Morgan fingerprint density at radius 3 is 2.83 bits per heavy atom. The lowest BCUT2D eigenvalue weighted by Crippen LogP contribution is -2.29. The third-order valence-corrected chi connectivity index (χ3v) is 4.26. The highest BCUT2D eigenvalue weighted by Crippen LogP contribution is 2.24. The fourth-order valence-corrected chi connectivity index (χ4v) is 2.72. The van der Waals surface area contributed by atoms with Crippen molar-refractivity contribution in [3.63, 3.8) is 0 Å². The average Bonchev–Trinajstić information content (AvgIpc) is 3.01. The average molecular weight is 343 g/mol. The van der Waals surface area contributed by atoms with Crippen LogP contribution in [-0.4, -0.2) is 24.0 Å². The number of anilines is 1. The van der Waals surface area contributed by atoms with Crippen molar-refractivity contribution >= 4 is 28.3 Å². The van der Waals surface area contributed by atoms with Crippen LogP contribution in [0.2, 0.25) is 0 Å². The summed E-state index contributed by atoms with van der Waals surface area (Å²) in [4.78, 5) is 28.6. The molecule has 6 nitrogen and oxygen atoms in total. The lowest BCUT2D eigenvalue weighted by molar-refractivity contribution is -0.121. The van der Waals surface area contributed by atoms with Gasteiger partial charge in [-0.15, -0.1) is 11.3 Å². The standard InChI is InChI=1S/C17H17N3O3S/c1-17(2,10-18)15(22)20-16-19-9-13(24-16)8-11-5-4-6-12(7-11)14(21)23-3/h4-7,9H,8H2,1-3H3,(H,19,20,22). The van der Waals surface area contributed by atoms with Crippen LogP contribution in [0.1, 0.15) is 34.6 Å². The molecule has 1 aromatic heterocycles. The molecule has 0 bridgehead atoms. The van der Waals surface area contributed by atoms with Gasteiger partial charge in [0.05, 0.1) is 18.7 Å². The number of nitrogens with one attached hydrogen (secondary N) is 1. The van der Waals surface area contributed by atoms with Crippen LogP contribution < -0.4 is 5.32 Å². The van der Waals surface area contributed by atoms with Gasteiger partial charge in [0.15, 0.2) is 5.13 Å². The highest BCUT2D eigenvalue weighted by molar-refractivity contribution is 7.15. The number of methoxy groups -OCH3 is 1. The Kier molecular flexibility index (Phi) is 5.31. The Morgan fingerprint density at radius 2 is 2.17 bits per heavy atom. The van der Waals surface area contributed by atoms with Crippen molar-refractivity contribution in [1.29, 1.82) is 5.26 Å². The summed E-state index contributed by atoms with van der Waals surface area (Å²) in [6.07, 6.45) is 2.25. The van der Waals surface area contributed by atoms with Crippen molar-refractivity contribution in [2.45, 2.75) is 20.3 Å². The number of thiazole rings is 1. The Morgan fingerprint density at radius 1 is 1.42 bits per heavy atom. The van der Waals surface area contributed by atoms with E-state index in [1.165, 1.54) is 18.4 Å². The van der Waals surface area contributed by atoms with E-state index in [1.54, 1.807) is 38.2 Å². The summed E-state index contributed by atoms with van der Waals surface area (Å²) in [7, 11) is 1.34. The first-order valence-electron chi connectivity index (χ1n) is 7.20. The van der Waals surface area contributed by atoms with Crippen LogP contribution in [0.3, 0.4) is 0 Å². The first-order valence-corrected chi connectivity index (χ1v) is 8.02. The lowest BCUT2D eigenvalue weighted by Gasteiger charge is -2.12. The van der Waals surface area contributed by atoms with Crippen LogP contribution in [0.15, 0.2) is 30.5 Å². The first kappa shape index (κ1) is 17.6. The largest absolute Gasteiger partial charge is 0.465 e. The number of hydrogen-bond acceptors (Lipinski definition) is 6. The molecule has 0 aliphatic rings. The summed E-state index contributed by atoms with van der Waals surface area (Å²) in [6, 6.07) is 9.11. The van der Waals surface area contributed by atoms with E-state index in [0.717, 1.165) is 10.4 Å². The van der Waals surface area contributed by atoms with Crippen LogP contribution in [-0.2, 0) is 16.0 Å². The van der Waals surface area contributed by atoms with Crippen LogP contribution in [0, 0.1) is 16.7 Å². The third kappa shape index (κ3) is 4.18. The molecule has 2 rings (SSSR count). The quantitative estimate of drug-likeness (QED) is 0.843. The second-order valence-electron chi connectivity index (χ2n) is 5.69. The number of benzene rings is 1. The molecule has 0 saturated carbocycles. The molecular weight excluding hydrogens is 326 g/mol. The van der Waals surface area contributed by atoms with Crippen molar-refractivity contribution in [3.8, 4) is 6.07 Å². The minimum absolute atomic E-state index is 0.382. The number of esters is 1. The molecule has 0 unspecified atom stereocenters. The maximum atomic E-state index is 12.0. The van der Waals surface area contributed by atoms with Gasteiger partial charge in [0.1, 0.15) is 5.41 Å². The van der Waals surface area contributed by atoms with Crippen molar-refractivity contribution in [1.82, 2.24) is 4.98 Å². The summed E-state index contributed by atoms with van der Waals surface area (Å²) >= 11 is 1.33. The fourth-order valence-electron chi connectivity index (χ4n) is 1.88. The lowest BCUT2D eigenvalue weighted by atomic mass is 9.95. The van der Waals surface area contributed by atoms with Gasteiger partial charge in [0.2, 0.25) is 5.91 Å². The van der Waals surface area contributed by atoms with Gasteiger partial charge in [-0.05, 0) is 31.5 Å². The number of carbonyl (C=O) groups excluding carboxylic acids is 2. The molecule has 0 radical (unpaired) electrons. The molecule has 24 heavy (non-hydrogen) atoms. The minimum Gasteiger partial charge on any atom is -0.465 e. The van der Waals surface area contributed by atoms with E-state index in [-0.39, 0.29) is 5.97 Å². The zero-order valence-electron chi connectivity index (χ0n) is 13.6. The molecule has 0 fully saturated rings. The van der Waals surface area contributed by atoms with Crippen molar-refractivity contribution in [3.05, 3.63) is 46.5 Å². The fraction of sp³-hybridized carbons (Fsp3) is 0.294. The normalized spacial score (nSPS) is 10.8. The molecule has 0 aliphatic carbocycles. The molecular formula is C17H17N3O3S. The highest BCUT2D eigenvalue weighted by Gasteiger charge is 2.27. The van der Waals surface area contributed by atoms with Crippen LogP contribution in [0.5, 0.6) is 0 Å². The number of rotatable bonds is 5. The van der Waals surface area contributed by atoms with Gasteiger partial charge in [0, 0.05) is 17.5 Å². The van der Waals surface area contributed by atoms with Gasteiger partial charge in [-0.25, -0.2) is 9.78 Å². The van der Waals surface area contributed by atoms with Crippen LogP contribution in [0.4, 0.5) is 5.13 Å². The number of ether oxygens (including phenoxy) is 1. The van der Waals surface area contributed by atoms with E-state index in [1.807, 2.05) is 12.1 Å². The van der Waals surface area contributed by atoms with E-state index < -0.39 is 11.3 Å². The predicted octanol–water partition coefficient (Wildman–Crippen LogP) is 3.01. The van der Waals surface area contributed by atoms with Crippen LogP contribution in [0.25, 0.3) is 0 Å². The Balaban J connectivity index is 2.08. The van der Waals surface area contributed by atoms with Crippen molar-refractivity contribution in [2.75, 3.05) is 12.4 Å². The van der Waals surface area contributed by atoms with E-state index in [4.69, 9.17) is 10.00 Å². The monoisotopic (exact) mass is 343 g/mol. The summed E-state index contributed by atoms with van der Waals surface area (Å²) in [5.41, 5.74) is 0.321. The smallest absolute Gasteiger partial charge is 0.337 e. The molecule has 1 N–H and O–H groups in total. The van der Waals surface area contributed by atoms with Gasteiger partial charge in [-0.1, -0.05) is 12.1 Å². The molecule has 1 heterocycles. The summed E-state index contributed by atoms with van der Waals surface area (Å²) in [5.74, 6) is -0.772. The topological polar surface area (TPSA) is 92.1 Å². The van der Waals surface area contributed by atoms with E-state index in [0.29, 0.717) is 17.1 Å². The number of aromatic nitrogens is 1. The molecule has 0 spiro atoms. The van der Waals surface area contributed by atoms with Gasteiger partial charge in [-0.2, -0.15) is 5.26 Å². The van der Waals surface area contributed by atoms with Gasteiger partial charge < -0.3 is 10.1 Å². The number of nitrogens with zero attached hydrogens (tertiary/aromatic N) is 2. The molecule has 0 saturated heterocycles. The highest BCUT2D eigenvalue weighted by atomic mass is 32.1.